The van der Waals surface area contributed by atoms with Gasteiger partial charge in [0, 0.05) is 4.47 Å². The highest BCUT2D eigenvalue weighted by molar-refractivity contribution is 9.10. The summed E-state index contributed by atoms with van der Waals surface area (Å²) >= 11 is 3.32. The SMILES string of the molecule is CCOC(=O)COc1c(C)cc(Br)cc1N. The monoisotopic (exact) mass is 287 g/mol. The molecule has 1 rings (SSSR count). The zero-order valence-corrected chi connectivity index (χ0v) is 10.8. The fourth-order valence-electron chi connectivity index (χ4n) is 1.29. The Morgan fingerprint density at radius 1 is 1.50 bits per heavy atom. The second kappa shape index (κ2) is 5.75. The fraction of sp³-hybridized carbons (Fsp3) is 0.364. The van der Waals surface area contributed by atoms with Crippen LogP contribution in [0.5, 0.6) is 5.75 Å². The molecule has 0 aromatic heterocycles. The van der Waals surface area contributed by atoms with Crippen LogP contribution in [0, 0.1) is 6.92 Å². The van der Waals surface area contributed by atoms with Crippen molar-refractivity contribution in [2.45, 2.75) is 13.8 Å². The minimum atomic E-state index is -0.399. The average molecular weight is 288 g/mol. The molecule has 0 amide bonds. The van der Waals surface area contributed by atoms with Gasteiger partial charge in [-0.05, 0) is 31.5 Å². The number of hydrogen-bond acceptors (Lipinski definition) is 4. The maximum absolute atomic E-state index is 11.1. The summed E-state index contributed by atoms with van der Waals surface area (Å²) in [4.78, 5) is 11.1. The summed E-state index contributed by atoms with van der Waals surface area (Å²) in [5.41, 5.74) is 7.14. The lowest BCUT2D eigenvalue weighted by Gasteiger charge is -2.11. The summed E-state index contributed by atoms with van der Waals surface area (Å²) in [5, 5.41) is 0. The molecule has 0 bridgehead atoms. The predicted molar refractivity (Wildman–Crippen MR) is 65.4 cm³/mol. The lowest BCUT2D eigenvalue weighted by molar-refractivity contribution is -0.145. The van der Waals surface area contributed by atoms with Crippen LogP contribution >= 0.6 is 15.9 Å². The maximum Gasteiger partial charge on any atom is 0.344 e. The number of rotatable bonds is 4. The molecule has 0 aliphatic carbocycles. The number of anilines is 1. The van der Waals surface area contributed by atoms with Gasteiger partial charge in [0.15, 0.2) is 6.61 Å². The molecule has 88 valence electrons. The van der Waals surface area contributed by atoms with Crippen LogP contribution in [0.3, 0.4) is 0 Å². The van der Waals surface area contributed by atoms with Crippen LogP contribution in [0.15, 0.2) is 16.6 Å². The first-order valence-electron chi connectivity index (χ1n) is 4.88. The number of halogens is 1. The second-order valence-corrected chi connectivity index (χ2v) is 4.15. The van der Waals surface area contributed by atoms with Crippen LogP contribution in [-0.2, 0) is 9.53 Å². The number of ether oxygens (including phenoxy) is 2. The highest BCUT2D eigenvalue weighted by Crippen LogP contribution is 2.29. The van der Waals surface area contributed by atoms with Gasteiger partial charge in [0.25, 0.3) is 0 Å². The number of carbonyl (C=O) groups excluding carboxylic acids is 1. The molecule has 0 aliphatic rings. The Morgan fingerprint density at radius 3 is 2.75 bits per heavy atom. The van der Waals surface area contributed by atoms with Gasteiger partial charge in [0.05, 0.1) is 12.3 Å². The van der Waals surface area contributed by atoms with E-state index in [2.05, 4.69) is 15.9 Å². The largest absolute Gasteiger partial charge is 0.479 e. The molecular formula is C11H14BrNO3. The van der Waals surface area contributed by atoms with Gasteiger partial charge >= 0.3 is 5.97 Å². The Labute approximate surface area is 103 Å². The molecule has 0 spiro atoms. The van der Waals surface area contributed by atoms with Crippen LogP contribution in [0.1, 0.15) is 12.5 Å². The average Bonchev–Trinajstić information content (AvgIpc) is 2.16. The molecule has 1 aromatic rings. The number of benzene rings is 1. The zero-order chi connectivity index (χ0) is 12.1. The number of aryl methyl sites for hydroxylation is 1. The Balaban J connectivity index is 2.70. The Morgan fingerprint density at radius 2 is 2.19 bits per heavy atom. The first-order valence-corrected chi connectivity index (χ1v) is 5.68. The summed E-state index contributed by atoms with van der Waals surface area (Å²) in [6, 6.07) is 3.60. The third kappa shape index (κ3) is 3.41. The van der Waals surface area contributed by atoms with E-state index in [-0.39, 0.29) is 6.61 Å². The minimum absolute atomic E-state index is 0.124. The van der Waals surface area contributed by atoms with Crippen LogP contribution < -0.4 is 10.5 Å². The van der Waals surface area contributed by atoms with E-state index < -0.39 is 5.97 Å². The van der Waals surface area contributed by atoms with Crippen LogP contribution in [0.25, 0.3) is 0 Å². The molecule has 1 aromatic carbocycles. The molecule has 0 heterocycles. The molecule has 0 aliphatic heterocycles. The van der Waals surface area contributed by atoms with Crippen molar-refractivity contribution >= 4 is 27.6 Å². The number of esters is 1. The first kappa shape index (κ1) is 12.8. The molecule has 4 nitrogen and oxygen atoms in total. The predicted octanol–water partition coefficient (Wildman–Crippen LogP) is 2.28. The zero-order valence-electron chi connectivity index (χ0n) is 9.25. The number of hydrogen-bond donors (Lipinski definition) is 1. The molecule has 16 heavy (non-hydrogen) atoms. The highest BCUT2D eigenvalue weighted by Gasteiger charge is 2.09. The van der Waals surface area contributed by atoms with Crippen LogP contribution in [0.2, 0.25) is 0 Å². The molecule has 0 fully saturated rings. The first-order chi connectivity index (χ1) is 7.54. The summed E-state index contributed by atoms with van der Waals surface area (Å²) in [5.74, 6) is 0.125. The fourth-order valence-corrected chi connectivity index (χ4v) is 1.88. The topological polar surface area (TPSA) is 61.5 Å². The highest BCUT2D eigenvalue weighted by atomic mass is 79.9. The molecular weight excluding hydrogens is 274 g/mol. The van der Waals surface area contributed by atoms with Gasteiger partial charge in [-0.1, -0.05) is 15.9 Å². The molecule has 0 saturated carbocycles. The van der Waals surface area contributed by atoms with Gasteiger partial charge < -0.3 is 15.2 Å². The molecule has 2 N–H and O–H groups in total. The van der Waals surface area contributed by atoms with Crippen molar-refractivity contribution in [3.8, 4) is 5.75 Å². The van der Waals surface area contributed by atoms with Crippen molar-refractivity contribution < 1.29 is 14.3 Å². The Bertz CT molecular complexity index is 370. The van der Waals surface area contributed by atoms with E-state index >= 15 is 0 Å². The Kier molecular flexibility index (Phi) is 4.61. The van der Waals surface area contributed by atoms with Crippen molar-refractivity contribution in [2.75, 3.05) is 18.9 Å². The lowest BCUT2D eigenvalue weighted by Crippen LogP contribution is -2.15. The van der Waals surface area contributed by atoms with Gasteiger partial charge in [-0.2, -0.15) is 0 Å². The smallest absolute Gasteiger partial charge is 0.344 e. The van der Waals surface area contributed by atoms with Crippen molar-refractivity contribution in [3.63, 3.8) is 0 Å². The third-order valence-corrected chi connectivity index (χ3v) is 2.37. The summed E-state index contributed by atoms with van der Waals surface area (Å²) in [7, 11) is 0. The van der Waals surface area contributed by atoms with Gasteiger partial charge in [-0.25, -0.2) is 4.79 Å². The number of nitrogen functional groups attached to an aromatic ring is 1. The minimum Gasteiger partial charge on any atom is -0.479 e. The van der Waals surface area contributed by atoms with Crippen molar-refractivity contribution in [3.05, 3.63) is 22.2 Å². The number of carbonyl (C=O) groups is 1. The molecule has 0 saturated heterocycles. The van der Waals surface area contributed by atoms with Gasteiger partial charge in [0.2, 0.25) is 0 Å². The van der Waals surface area contributed by atoms with E-state index in [9.17, 15) is 4.79 Å². The normalized spacial score (nSPS) is 9.94. The quantitative estimate of drug-likeness (QED) is 0.682. The van der Waals surface area contributed by atoms with E-state index in [4.69, 9.17) is 15.2 Å². The van der Waals surface area contributed by atoms with E-state index in [1.165, 1.54) is 0 Å². The molecule has 0 unspecified atom stereocenters. The second-order valence-electron chi connectivity index (χ2n) is 3.23. The summed E-state index contributed by atoms with van der Waals surface area (Å²) in [6.45, 7) is 3.83. The van der Waals surface area contributed by atoms with Crippen molar-refractivity contribution in [1.29, 1.82) is 0 Å². The Hall–Kier alpha value is -1.23. The van der Waals surface area contributed by atoms with E-state index in [0.29, 0.717) is 18.0 Å². The van der Waals surface area contributed by atoms with Crippen LogP contribution in [-0.4, -0.2) is 19.2 Å². The maximum atomic E-state index is 11.1. The third-order valence-electron chi connectivity index (χ3n) is 1.91. The van der Waals surface area contributed by atoms with Crippen LogP contribution in [0.4, 0.5) is 5.69 Å². The lowest BCUT2D eigenvalue weighted by atomic mass is 10.2. The van der Waals surface area contributed by atoms with E-state index in [1.807, 2.05) is 13.0 Å². The molecule has 5 heteroatoms. The van der Waals surface area contributed by atoms with Gasteiger partial charge in [-0.3, -0.25) is 0 Å². The molecule has 0 atom stereocenters. The van der Waals surface area contributed by atoms with Gasteiger partial charge in [-0.15, -0.1) is 0 Å². The van der Waals surface area contributed by atoms with Crippen molar-refractivity contribution in [1.82, 2.24) is 0 Å². The van der Waals surface area contributed by atoms with Gasteiger partial charge in [0.1, 0.15) is 5.75 Å². The molecule has 0 radical (unpaired) electrons. The standard InChI is InChI=1S/C11H14BrNO3/c1-3-15-10(14)6-16-11-7(2)4-8(12)5-9(11)13/h4-5H,3,6,13H2,1-2H3. The number of nitrogens with two attached hydrogens (primary N) is 1. The summed E-state index contributed by atoms with van der Waals surface area (Å²) in [6.07, 6.45) is 0. The summed E-state index contributed by atoms with van der Waals surface area (Å²) < 4.78 is 11.0. The van der Waals surface area contributed by atoms with E-state index in [1.54, 1.807) is 13.0 Å². The van der Waals surface area contributed by atoms with E-state index in [0.717, 1.165) is 10.0 Å². The van der Waals surface area contributed by atoms with Crippen molar-refractivity contribution in [2.24, 2.45) is 0 Å².